The number of carbonyl (C=O) groups excluding carboxylic acids is 3. The van der Waals surface area contributed by atoms with Crippen LogP contribution in [0.15, 0.2) is 48.5 Å². The number of benzene rings is 2. The van der Waals surface area contributed by atoms with Crippen molar-refractivity contribution in [3.8, 4) is 5.75 Å². The van der Waals surface area contributed by atoms with Gasteiger partial charge in [0.15, 0.2) is 6.61 Å². The van der Waals surface area contributed by atoms with Gasteiger partial charge in [-0.05, 0) is 56.2 Å². The van der Waals surface area contributed by atoms with Crippen LogP contribution in [0.25, 0.3) is 0 Å². The first-order valence-electron chi connectivity index (χ1n) is 10.6. The van der Waals surface area contributed by atoms with Gasteiger partial charge in [-0.2, -0.15) is 0 Å². The quantitative estimate of drug-likeness (QED) is 0.534. The molecule has 170 valence electrons. The molecule has 0 bridgehead atoms. The van der Waals surface area contributed by atoms with E-state index in [1.165, 1.54) is 11.3 Å². The summed E-state index contributed by atoms with van der Waals surface area (Å²) in [6.07, 6.45) is 0. The minimum absolute atomic E-state index is 0.0000505. The molecule has 7 nitrogen and oxygen atoms in total. The Kier molecular flexibility index (Phi) is 6.46. The summed E-state index contributed by atoms with van der Waals surface area (Å²) >= 11 is 1.35. The monoisotopic (exact) mass is 464 g/mol. The summed E-state index contributed by atoms with van der Waals surface area (Å²) in [7, 11) is 0. The maximum absolute atomic E-state index is 12.8. The molecule has 3 aromatic rings. The Morgan fingerprint density at radius 2 is 1.85 bits per heavy atom. The minimum Gasteiger partial charge on any atom is -0.482 e. The second kappa shape index (κ2) is 9.46. The molecular weight excluding hydrogens is 440 g/mol. The number of para-hydroxylation sites is 2. The number of nitrogens with one attached hydrogen (secondary N) is 1. The minimum atomic E-state index is -0.444. The molecule has 0 unspecified atom stereocenters. The second-order valence-electron chi connectivity index (χ2n) is 7.60. The Hall–Kier alpha value is -3.65. The van der Waals surface area contributed by atoms with Crippen molar-refractivity contribution >= 4 is 39.8 Å². The van der Waals surface area contributed by atoms with Crippen molar-refractivity contribution in [2.75, 3.05) is 23.4 Å². The van der Waals surface area contributed by atoms with E-state index in [0.717, 1.165) is 21.7 Å². The van der Waals surface area contributed by atoms with Crippen LogP contribution in [0.3, 0.4) is 0 Å². The molecular formula is C25H24N2O5S. The number of carbonyl (C=O) groups is 3. The van der Waals surface area contributed by atoms with Crippen molar-refractivity contribution in [3.63, 3.8) is 0 Å². The van der Waals surface area contributed by atoms with Crippen LogP contribution in [0, 0.1) is 13.8 Å². The molecule has 1 aliphatic rings. The van der Waals surface area contributed by atoms with Crippen molar-refractivity contribution in [3.05, 3.63) is 75.7 Å². The van der Waals surface area contributed by atoms with Crippen LogP contribution in [-0.2, 0) is 16.1 Å². The van der Waals surface area contributed by atoms with Gasteiger partial charge in [0.05, 0.1) is 24.4 Å². The summed E-state index contributed by atoms with van der Waals surface area (Å²) in [5.74, 6) is -0.209. The topological polar surface area (TPSA) is 84.9 Å². The van der Waals surface area contributed by atoms with Gasteiger partial charge >= 0.3 is 5.97 Å². The van der Waals surface area contributed by atoms with E-state index < -0.39 is 5.97 Å². The van der Waals surface area contributed by atoms with Crippen molar-refractivity contribution < 1.29 is 23.9 Å². The molecule has 0 radical (unpaired) electrons. The van der Waals surface area contributed by atoms with Gasteiger partial charge < -0.3 is 19.7 Å². The number of thiophene rings is 1. The molecule has 1 N–H and O–H groups in total. The summed E-state index contributed by atoms with van der Waals surface area (Å²) < 4.78 is 10.6. The van der Waals surface area contributed by atoms with E-state index in [1.54, 1.807) is 24.0 Å². The van der Waals surface area contributed by atoms with E-state index in [0.29, 0.717) is 28.4 Å². The number of hydrogen-bond donors (Lipinski definition) is 1. The summed E-state index contributed by atoms with van der Waals surface area (Å²) in [6, 6.07) is 14.5. The lowest BCUT2D eigenvalue weighted by Crippen LogP contribution is -2.38. The molecule has 0 atom stereocenters. The number of anilines is 2. The van der Waals surface area contributed by atoms with Crippen LogP contribution in [-0.4, -0.2) is 31.0 Å². The number of fused-ring (bicyclic) bond motifs is 1. The number of nitrogens with zero attached hydrogens (tertiary/aromatic N) is 1. The van der Waals surface area contributed by atoms with E-state index in [2.05, 4.69) is 5.32 Å². The highest BCUT2D eigenvalue weighted by molar-refractivity contribution is 7.16. The van der Waals surface area contributed by atoms with Crippen LogP contribution >= 0.6 is 11.3 Å². The van der Waals surface area contributed by atoms with Crippen LogP contribution in [0.1, 0.15) is 43.6 Å². The lowest BCUT2D eigenvalue weighted by atomic mass is 10.1. The Labute approximate surface area is 195 Å². The maximum atomic E-state index is 12.8. The van der Waals surface area contributed by atoms with Crippen molar-refractivity contribution in [2.24, 2.45) is 0 Å². The zero-order chi connectivity index (χ0) is 23.5. The van der Waals surface area contributed by atoms with Crippen molar-refractivity contribution in [1.29, 1.82) is 0 Å². The van der Waals surface area contributed by atoms with Crippen LogP contribution in [0.2, 0.25) is 0 Å². The van der Waals surface area contributed by atoms with E-state index in [9.17, 15) is 14.4 Å². The standard InChI is InChI=1S/C25H24N2O5S/c1-4-31-25(30)22-15(2)16(3)33-24(22)26-23(29)18-11-9-17(10-12-18)13-27-19-7-5-6-8-20(19)32-14-21(27)28/h5-12H,4,13-14H2,1-3H3,(H,26,29). The Balaban J connectivity index is 1.50. The third-order valence-corrected chi connectivity index (χ3v) is 6.58. The van der Waals surface area contributed by atoms with E-state index in [1.807, 2.05) is 50.2 Å². The van der Waals surface area contributed by atoms with E-state index >= 15 is 0 Å². The molecule has 0 aliphatic carbocycles. The summed E-state index contributed by atoms with van der Waals surface area (Å²) in [6.45, 7) is 6.12. The van der Waals surface area contributed by atoms with Gasteiger partial charge in [-0.15, -0.1) is 11.3 Å². The highest BCUT2D eigenvalue weighted by Gasteiger charge is 2.25. The predicted molar refractivity (Wildman–Crippen MR) is 127 cm³/mol. The van der Waals surface area contributed by atoms with Crippen molar-refractivity contribution in [1.82, 2.24) is 0 Å². The number of ether oxygens (including phenoxy) is 2. The Morgan fingerprint density at radius 3 is 2.58 bits per heavy atom. The fraction of sp³-hybridized carbons (Fsp3) is 0.240. The third kappa shape index (κ3) is 4.61. The number of esters is 1. The largest absolute Gasteiger partial charge is 0.482 e. The van der Waals surface area contributed by atoms with Crippen molar-refractivity contribution in [2.45, 2.75) is 27.3 Å². The van der Waals surface area contributed by atoms with Crippen LogP contribution < -0.4 is 15.0 Å². The molecule has 0 fully saturated rings. The van der Waals surface area contributed by atoms with Gasteiger partial charge in [0.2, 0.25) is 0 Å². The molecule has 0 spiro atoms. The average Bonchev–Trinajstić information content (AvgIpc) is 3.09. The van der Waals surface area contributed by atoms with Gasteiger partial charge in [0.25, 0.3) is 11.8 Å². The number of aryl methyl sites for hydroxylation is 1. The van der Waals surface area contributed by atoms with Gasteiger partial charge in [-0.3, -0.25) is 9.59 Å². The second-order valence-corrected chi connectivity index (χ2v) is 8.82. The SMILES string of the molecule is CCOC(=O)c1c(NC(=O)c2ccc(CN3C(=O)COc4ccccc43)cc2)sc(C)c1C. The fourth-order valence-corrected chi connectivity index (χ4v) is 4.65. The van der Waals surface area contributed by atoms with Crippen LogP contribution in [0.5, 0.6) is 5.75 Å². The molecule has 4 rings (SSSR count). The van der Waals surface area contributed by atoms with E-state index in [-0.39, 0.29) is 25.0 Å². The van der Waals surface area contributed by atoms with Crippen LogP contribution in [0.4, 0.5) is 10.7 Å². The summed E-state index contributed by atoms with van der Waals surface area (Å²) in [4.78, 5) is 40.2. The maximum Gasteiger partial charge on any atom is 0.341 e. The number of amides is 2. The van der Waals surface area contributed by atoms with Gasteiger partial charge in [-0.25, -0.2) is 4.79 Å². The normalized spacial score (nSPS) is 12.7. The van der Waals surface area contributed by atoms with Gasteiger partial charge in [0, 0.05) is 10.4 Å². The lowest BCUT2D eigenvalue weighted by Gasteiger charge is -2.29. The zero-order valence-corrected chi connectivity index (χ0v) is 19.5. The smallest absolute Gasteiger partial charge is 0.341 e. The molecule has 2 aromatic carbocycles. The number of hydrogen-bond acceptors (Lipinski definition) is 6. The highest BCUT2D eigenvalue weighted by Crippen LogP contribution is 2.34. The first-order valence-corrected chi connectivity index (χ1v) is 11.4. The summed E-state index contributed by atoms with van der Waals surface area (Å²) in [5.41, 5.74) is 3.26. The molecule has 2 amide bonds. The first-order chi connectivity index (χ1) is 15.9. The summed E-state index contributed by atoms with van der Waals surface area (Å²) in [5, 5.41) is 3.33. The van der Waals surface area contributed by atoms with E-state index in [4.69, 9.17) is 9.47 Å². The predicted octanol–water partition coefficient (Wildman–Crippen LogP) is 4.72. The molecule has 0 saturated carbocycles. The molecule has 8 heteroatoms. The Bertz CT molecular complexity index is 1220. The molecule has 0 saturated heterocycles. The first kappa shape index (κ1) is 22.5. The highest BCUT2D eigenvalue weighted by atomic mass is 32.1. The fourth-order valence-electron chi connectivity index (χ4n) is 3.61. The molecule has 1 aromatic heterocycles. The zero-order valence-electron chi connectivity index (χ0n) is 18.6. The molecule has 33 heavy (non-hydrogen) atoms. The average molecular weight is 465 g/mol. The Morgan fingerprint density at radius 1 is 1.12 bits per heavy atom. The van der Waals surface area contributed by atoms with Gasteiger partial charge in [0.1, 0.15) is 10.8 Å². The number of rotatable bonds is 6. The van der Waals surface area contributed by atoms with Gasteiger partial charge in [-0.1, -0.05) is 24.3 Å². The molecule has 1 aliphatic heterocycles. The third-order valence-electron chi connectivity index (χ3n) is 5.46. The lowest BCUT2D eigenvalue weighted by molar-refractivity contribution is -0.121. The molecule has 2 heterocycles.